The van der Waals surface area contributed by atoms with Gasteiger partial charge in [0.2, 0.25) is 6.04 Å². The molecule has 1 aliphatic carbocycles. The van der Waals surface area contributed by atoms with Crippen LogP contribution in [0.2, 0.25) is 0 Å². The van der Waals surface area contributed by atoms with Crippen LogP contribution in [-0.2, 0) is 4.79 Å². The fraction of sp³-hybridized carbons (Fsp3) is 0.750. The molecule has 1 saturated carbocycles. The van der Waals surface area contributed by atoms with Crippen LogP contribution >= 0.6 is 0 Å². The van der Waals surface area contributed by atoms with E-state index in [4.69, 9.17) is 5.11 Å². The highest BCUT2D eigenvalue weighted by Gasteiger charge is 2.40. The Morgan fingerprint density at radius 3 is 3.09 bits per heavy atom. The van der Waals surface area contributed by atoms with Crippen LogP contribution in [0.25, 0.3) is 0 Å². The van der Waals surface area contributed by atoms with Crippen molar-refractivity contribution >= 4 is 11.7 Å². The predicted octanol–water partition coefficient (Wildman–Crippen LogP) is -0.835. The largest absolute Gasteiger partial charge is 0.476 e. The van der Waals surface area contributed by atoms with Crippen LogP contribution in [0.4, 0.5) is 0 Å². The van der Waals surface area contributed by atoms with Crippen LogP contribution in [0.15, 0.2) is 0 Å². The molecule has 3 heteroatoms. The molecule has 60 valence electrons. The minimum absolute atomic E-state index is 0.296. The highest BCUT2D eigenvalue weighted by atomic mass is 16.4. The maximum Gasteiger partial charge on any atom is 0.372 e. The number of hydrogen-bond acceptors (Lipinski definition) is 1. The van der Waals surface area contributed by atoms with Gasteiger partial charge in [-0.25, -0.2) is 9.79 Å². The number of carboxylic acids is 1. The van der Waals surface area contributed by atoms with Gasteiger partial charge in [-0.15, -0.1) is 0 Å². The second-order valence-corrected chi connectivity index (χ2v) is 3.39. The number of rotatable bonds is 1. The summed E-state index contributed by atoms with van der Waals surface area (Å²) in [5, 5.41) is 8.69. The highest BCUT2D eigenvalue weighted by molar-refractivity contribution is 5.87. The highest BCUT2D eigenvalue weighted by Crippen LogP contribution is 2.26. The third-order valence-corrected chi connectivity index (χ3v) is 2.67. The molecule has 0 aromatic heterocycles. The van der Waals surface area contributed by atoms with Gasteiger partial charge in [0.05, 0.1) is 0 Å². The van der Waals surface area contributed by atoms with Crippen LogP contribution in [0, 0.1) is 5.92 Å². The average molecular weight is 154 g/mol. The Bertz CT molecular complexity index is 222. The molecule has 2 aliphatic rings. The van der Waals surface area contributed by atoms with Gasteiger partial charge in [-0.3, -0.25) is 0 Å². The number of aliphatic carboxylic acids is 1. The molecule has 2 rings (SSSR count). The van der Waals surface area contributed by atoms with Gasteiger partial charge in [-0.05, 0) is 12.8 Å². The molecule has 1 aliphatic heterocycles. The van der Waals surface area contributed by atoms with Gasteiger partial charge >= 0.3 is 5.97 Å². The first kappa shape index (κ1) is 6.83. The zero-order valence-electron chi connectivity index (χ0n) is 6.34. The fourth-order valence-corrected chi connectivity index (χ4v) is 2.10. The first-order valence-electron chi connectivity index (χ1n) is 4.12. The molecule has 0 radical (unpaired) electrons. The summed E-state index contributed by atoms with van der Waals surface area (Å²) in [5.74, 6) is -0.136. The van der Waals surface area contributed by atoms with E-state index in [1.54, 1.807) is 0 Å². The topological polar surface area (TPSA) is 51.3 Å². The Kier molecular flexibility index (Phi) is 1.44. The van der Waals surface area contributed by atoms with Gasteiger partial charge in [0.25, 0.3) is 0 Å². The van der Waals surface area contributed by atoms with E-state index in [1.165, 1.54) is 18.6 Å². The van der Waals surface area contributed by atoms with Gasteiger partial charge in [-0.2, -0.15) is 0 Å². The lowest BCUT2D eigenvalue weighted by atomic mass is 10.0. The Morgan fingerprint density at radius 1 is 1.64 bits per heavy atom. The van der Waals surface area contributed by atoms with Gasteiger partial charge in [0.1, 0.15) is 0 Å². The van der Waals surface area contributed by atoms with Crippen molar-refractivity contribution in [2.75, 3.05) is 0 Å². The van der Waals surface area contributed by atoms with E-state index in [0.717, 1.165) is 12.8 Å². The van der Waals surface area contributed by atoms with E-state index in [1.807, 2.05) is 0 Å². The number of carbonyl (C=O) groups is 1. The molecular weight excluding hydrogens is 142 g/mol. The summed E-state index contributed by atoms with van der Waals surface area (Å²) in [6.07, 6.45) is 4.32. The van der Waals surface area contributed by atoms with Crippen molar-refractivity contribution in [1.29, 1.82) is 0 Å². The fourth-order valence-electron chi connectivity index (χ4n) is 2.10. The standard InChI is InChI=1S/C8H11NO2/c10-8(11)7-4-5-2-1-3-6(5)9-7/h5,7H,1-4H2,(H,10,11)/p+1/t5?,7-/m0/s1. The minimum Gasteiger partial charge on any atom is -0.476 e. The molecule has 0 aromatic rings. The smallest absolute Gasteiger partial charge is 0.372 e. The lowest BCUT2D eigenvalue weighted by Crippen LogP contribution is -2.78. The molecule has 0 spiro atoms. The van der Waals surface area contributed by atoms with Gasteiger partial charge in [-0.1, -0.05) is 0 Å². The first-order chi connectivity index (χ1) is 5.27. The molecule has 0 aromatic carbocycles. The molecule has 1 heterocycles. The summed E-state index contributed by atoms with van der Waals surface area (Å²) in [4.78, 5) is 13.6. The Hall–Kier alpha value is -0.860. The summed E-state index contributed by atoms with van der Waals surface area (Å²) in [7, 11) is 0. The summed E-state index contributed by atoms with van der Waals surface area (Å²) in [6.45, 7) is 0. The molecule has 1 unspecified atom stereocenters. The summed E-state index contributed by atoms with van der Waals surface area (Å²) >= 11 is 0. The zero-order chi connectivity index (χ0) is 7.84. The number of fused-ring (bicyclic) bond motifs is 1. The molecule has 0 saturated heterocycles. The average Bonchev–Trinajstić information content (AvgIpc) is 2.40. The Balaban J connectivity index is 2.13. The van der Waals surface area contributed by atoms with Crippen molar-refractivity contribution in [2.24, 2.45) is 5.92 Å². The van der Waals surface area contributed by atoms with Crippen molar-refractivity contribution in [3.63, 3.8) is 0 Å². The van der Waals surface area contributed by atoms with Gasteiger partial charge in [0, 0.05) is 18.8 Å². The SMILES string of the molecule is O=C(O)[C@@H]1CC2CCCC2=[NH+]1. The Labute approximate surface area is 65.1 Å². The van der Waals surface area contributed by atoms with E-state index < -0.39 is 5.97 Å². The Morgan fingerprint density at radius 2 is 2.45 bits per heavy atom. The van der Waals surface area contributed by atoms with Gasteiger partial charge < -0.3 is 5.11 Å². The maximum atomic E-state index is 10.6. The van der Waals surface area contributed by atoms with E-state index in [2.05, 4.69) is 4.99 Å². The number of carboxylic acid groups (broad SMARTS) is 1. The molecule has 3 nitrogen and oxygen atoms in total. The van der Waals surface area contributed by atoms with Crippen LogP contribution in [0.1, 0.15) is 25.7 Å². The monoisotopic (exact) mass is 154 g/mol. The summed E-state index contributed by atoms with van der Waals surface area (Å²) in [6, 6.07) is -0.296. The van der Waals surface area contributed by atoms with Crippen LogP contribution < -0.4 is 4.99 Å². The molecule has 2 N–H and O–H groups in total. The van der Waals surface area contributed by atoms with Crippen LogP contribution in [-0.4, -0.2) is 22.8 Å². The summed E-state index contributed by atoms with van der Waals surface area (Å²) in [5.41, 5.74) is 1.29. The predicted molar refractivity (Wildman–Crippen MR) is 39.4 cm³/mol. The van der Waals surface area contributed by atoms with Crippen LogP contribution in [0.3, 0.4) is 0 Å². The lowest BCUT2D eigenvalue weighted by Gasteiger charge is -1.96. The zero-order valence-corrected chi connectivity index (χ0v) is 6.34. The quantitative estimate of drug-likeness (QED) is 0.517. The summed E-state index contributed by atoms with van der Waals surface area (Å²) < 4.78 is 0. The van der Waals surface area contributed by atoms with Crippen molar-refractivity contribution in [3.05, 3.63) is 0 Å². The van der Waals surface area contributed by atoms with Gasteiger partial charge in [0.15, 0.2) is 5.71 Å². The molecule has 1 fully saturated rings. The van der Waals surface area contributed by atoms with E-state index in [-0.39, 0.29) is 6.04 Å². The third-order valence-electron chi connectivity index (χ3n) is 2.67. The van der Waals surface area contributed by atoms with Crippen molar-refractivity contribution in [1.82, 2.24) is 0 Å². The molecule has 11 heavy (non-hydrogen) atoms. The maximum absolute atomic E-state index is 10.6. The normalized spacial score (nSPS) is 35.1. The lowest BCUT2D eigenvalue weighted by molar-refractivity contribution is -0.481. The third kappa shape index (κ3) is 1.04. The van der Waals surface area contributed by atoms with Crippen LogP contribution in [0.5, 0.6) is 0 Å². The van der Waals surface area contributed by atoms with Crippen molar-refractivity contribution in [3.8, 4) is 0 Å². The molecule has 0 bridgehead atoms. The van der Waals surface area contributed by atoms with E-state index >= 15 is 0 Å². The first-order valence-corrected chi connectivity index (χ1v) is 4.12. The second kappa shape index (κ2) is 2.32. The van der Waals surface area contributed by atoms with E-state index in [9.17, 15) is 4.79 Å². The number of hydrogen-bond donors (Lipinski definition) is 2. The van der Waals surface area contributed by atoms with Crippen molar-refractivity contribution in [2.45, 2.75) is 31.7 Å². The molecular formula is C8H12NO2+. The minimum atomic E-state index is -0.702. The van der Waals surface area contributed by atoms with E-state index in [0.29, 0.717) is 5.92 Å². The van der Waals surface area contributed by atoms with Crippen molar-refractivity contribution < 1.29 is 14.9 Å². The second-order valence-electron chi connectivity index (χ2n) is 3.39. The molecule has 0 amide bonds. The number of nitrogens with one attached hydrogen (secondary N) is 1. The molecule has 2 atom stereocenters.